The Kier molecular flexibility index (Phi) is 5.05. The number of methoxy groups -OCH3 is 1. The Balaban J connectivity index is 3.28. The number of carbonyl (C=O) groups excluding carboxylic acids is 1. The smallest absolute Gasteiger partial charge is 0.309 e. The molecule has 1 rings (SSSR count). The molecule has 0 bridgehead atoms. The summed E-state index contributed by atoms with van der Waals surface area (Å²) in [5.41, 5.74) is 0.103. The molecule has 6 heteroatoms. The molecule has 0 N–H and O–H groups in total. The monoisotopic (exact) mass is 273 g/mol. The van der Waals surface area contributed by atoms with Crippen molar-refractivity contribution in [3.05, 3.63) is 34.4 Å². The SMILES string of the molecule is COC(=O)Cc1cc(CCl)c(C#N)c(C(F)F)c1. The molecule has 0 fully saturated rings. The van der Waals surface area contributed by atoms with Crippen molar-refractivity contribution in [2.45, 2.75) is 18.7 Å². The van der Waals surface area contributed by atoms with Crippen molar-refractivity contribution < 1.29 is 18.3 Å². The third-order valence-corrected chi connectivity index (χ3v) is 2.67. The van der Waals surface area contributed by atoms with Gasteiger partial charge < -0.3 is 4.74 Å². The predicted octanol–water partition coefficient (Wildman–Crippen LogP) is 2.95. The van der Waals surface area contributed by atoms with Crippen LogP contribution < -0.4 is 0 Å². The highest BCUT2D eigenvalue weighted by Gasteiger charge is 2.18. The van der Waals surface area contributed by atoms with Crippen LogP contribution in [0.25, 0.3) is 0 Å². The first-order valence-electron chi connectivity index (χ1n) is 5.00. The number of benzene rings is 1. The molecule has 0 saturated heterocycles. The zero-order valence-corrected chi connectivity index (χ0v) is 10.3. The van der Waals surface area contributed by atoms with Gasteiger partial charge in [-0.2, -0.15) is 5.26 Å². The molecule has 1 aromatic rings. The molecule has 96 valence electrons. The van der Waals surface area contributed by atoms with E-state index in [4.69, 9.17) is 16.9 Å². The van der Waals surface area contributed by atoms with E-state index in [0.717, 1.165) is 6.07 Å². The molecule has 0 spiro atoms. The minimum absolute atomic E-state index is 0.0718. The van der Waals surface area contributed by atoms with Crippen molar-refractivity contribution in [1.29, 1.82) is 5.26 Å². The number of alkyl halides is 3. The van der Waals surface area contributed by atoms with Gasteiger partial charge in [-0.15, -0.1) is 11.6 Å². The van der Waals surface area contributed by atoms with Gasteiger partial charge in [0.05, 0.1) is 25.2 Å². The van der Waals surface area contributed by atoms with Crippen molar-refractivity contribution in [3.8, 4) is 6.07 Å². The van der Waals surface area contributed by atoms with Gasteiger partial charge in [-0.25, -0.2) is 8.78 Å². The maximum atomic E-state index is 12.8. The summed E-state index contributed by atoms with van der Waals surface area (Å²) in [6.45, 7) is 0. The van der Waals surface area contributed by atoms with E-state index in [1.54, 1.807) is 6.07 Å². The molecule has 0 atom stereocenters. The molecule has 0 amide bonds. The van der Waals surface area contributed by atoms with E-state index in [9.17, 15) is 13.6 Å². The van der Waals surface area contributed by atoms with Gasteiger partial charge >= 0.3 is 5.97 Å². The third-order valence-electron chi connectivity index (χ3n) is 2.38. The molecule has 0 aliphatic heterocycles. The summed E-state index contributed by atoms with van der Waals surface area (Å²) in [6, 6.07) is 4.31. The van der Waals surface area contributed by atoms with Crippen LogP contribution in [0, 0.1) is 11.3 Å². The molecule has 0 saturated carbocycles. The van der Waals surface area contributed by atoms with Crippen LogP contribution in [0.5, 0.6) is 0 Å². The van der Waals surface area contributed by atoms with Crippen LogP contribution in [0.3, 0.4) is 0 Å². The van der Waals surface area contributed by atoms with E-state index in [-0.39, 0.29) is 23.4 Å². The third kappa shape index (κ3) is 3.17. The number of halogens is 3. The van der Waals surface area contributed by atoms with Gasteiger partial charge in [-0.05, 0) is 17.2 Å². The highest BCUT2D eigenvalue weighted by atomic mass is 35.5. The average Bonchev–Trinajstić information content (AvgIpc) is 2.37. The van der Waals surface area contributed by atoms with E-state index < -0.39 is 18.0 Å². The fourth-order valence-corrected chi connectivity index (χ4v) is 1.76. The second kappa shape index (κ2) is 6.31. The molecule has 0 unspecified atom stereocenters. The van der Waals surface area contributed by atoms with E-state index in [0.29, 0.717) is 5.56 Å². The normalized spacial score (nSPS) is 10.2. The lowest BCUT2D eigenvalue weighted by atomic mass is 9.98. The number of carbonyl (C=O) groups is 1. The standard InChI is InChI=1S/C12H10ClF2NO2/c1-18-11(17)4-7-2-8(5-13)10(6-16)9(3-7)12(14)15/h2-3,12H,4-5H2,1H3. The number of nitrogens with zero attached hydrogens (tertiary/aromatic N) is 1. The summed E-state index contributed by atoms with van der Waals surface area (Å²) in [5, 5.41) is 8.86. The largest absolute Gasteiger partial charge is 0.469 e. The zero-order valence-electron chi connectivity index (χ0n) is 9.54. The molecule has 0 aliphatic rings. The molecule has 0 aromatic heterocycles. The highest BCUT2D eigenvalue weighted by molar-refractivity contribution is 6.17. The van der Waals surface area contributed by atoms with E-state index >= 15 is 0 Å². The van der Waals surface area contributed by atoms with Crippen molar-refractivity contribution in [2.75, 3.05) is 7.11 Å². The first-order valence-corrected chi connectivity index (χ1v) is 5.53. The topological polar surface area (TPSA) is 50.1 Å². The number of nitriles is 1. The van der Waals surface area contributed by atoms with Gasteiger partial charge in [0.2, 0.25) is 0 Å². The summed E-state index contributed by atoms with van der Waals surface area (Å²) in [4.78, 5) is 11.1. The number of esters is 1. The Hall–Kier alpha value is -1.67. The van der Waals surface area contributed by atoms with Gasteiger partial charge in [0.1, 0.15) is 0 Å². The Morgan fingerprint density at radius 3 is 2.67 bits per heavy atom. The number of hydrogen-bond donors (Lipinski definition) is 0. The molecule has 0 radical (unpaired) electrons. The minimum atomic E-state index is -2.79. The zero-order chi connectivity index (χ0) is 13.7. The van der Waals surface area contributed by atoms with Crippen LogP contribution >= 0.6 is 11.6 Å². The lowest BCUT2D eigenvalue weighted by molar-refractivity contribution is -0.139. The van der Waals surface area contributed by atoms with Gasteiger partial charge in [0.25, 0.3) is 6.43 Å². The second-order valence-electron chi connectivity index (χ2n) is 3.52. The van der Waals surface area contributed by atoms with Gasteiger partial charge in [-0.1, -0.05) is 6.07 Å². The summed E-state index contributed by atoms with van der Waals surface area (Å²) in [6.07, 6.45) is -2.93. The van der Waals surface area contributed by atoms with Crippen LogP contribution in [0.4, 0.5) is 8.78 Å². The maximum absolute atomic E-state index is 12.8. The molecular weight excluding hydrogens is 264 g/mol. The molecule has 3 nitrogen and oxygen atoms in total. The van der Waals surface area contributed by atoms with Crippen LogP contribution in [0.1, 0.15) is 28.7 Å². The molecule has 0 aliphatic carbocycles. The van der Waals surface area contributed by atoms with E-state index in [1.165, 1.54) is 13.2 Å². The van der Waals surface area contributed by atoms with Gasteiger partial charge in [0, 0.05) is 11.4 Å². The van der Waals surface area contributed by atoms with Crippen molar-refractivity contribution in [1.82, 2.24) is 0 Å². The first-order chi connectivity index (χ1) is 8.53. The quantitative estimate of drug-likeness (QED) is 0.626. The second-order valence-corrected chi connectivity index (χ2v) is 3.79. The lowest BCUT2D eigenvalue weighted by Crippen LogP contribution is -2.07. The Labute approximate surface area is 108 Å². The van der Waals surface area contributed by atoms with E-state index in [2.05, 4.69) is 4.74 Å². The van der Waals surface area contributed by atoms with Crippen LogP contribution in [-0.2, 0) is 21.8 Å². The average molecular weight is 274 g/mol. The predicted molar refractivity (Wildman–Crippen MR) is 61.4 cm³/mol. The van der Waals surface area contributed by atoms with Crippen LogP contribution in [-0.4, -0.2) is 13.1 Å². The molecule has 0 heterocycles. The molecule has 1 aromatic carbocycles. The van der Waals surface area contributed by atoms with Gasteiger partial charge in [0.15, 0.2) is 0 Å². The maximum Gasteiger partial charge on any atom is 0.309 e. The number of ether oxygens (including phenoxy) is 1. The van der Waals surface area contributed by atoms with Gasteiger partial charge in [-0.3, -0.25) is 4.79 Å². The van der Waals surface area contributed by atoms with Crippen LogP contribution in [0.15, 0.2) is 12.1 Å². The van der Waals surface area contributed by atoms with E-state index in [1.807, 2.05) is 0 Å². The number of rotatable bonds is 4. The minimum Gasteiger partial charge on any atom is -0.469 e. The fraction of sp³-hybridized carbons (Fsp3) is 0.333. The molecule has 18 heavy (non-hydrogen) atoms. The Bertz CT molecular complexity index is 498. The fourth-order valence-electron chi connectivity index (χ4n) is 1.55. The summed E-state index contributed by atoms with van der Waals surface area (Å²) < 4.78 is 30.1. The summed E-state index contributed by atoms with van der Waals surface area (Å²) in [7, 11) is 1.21. The van der Waals surface area contributed by atoms with Crippen LogP contribution in [0.2, 0.25) is 0 Å². The summed E-state index contributed by atoms with van der Waals surface area (Å²) in [5.74, 6) is -0.613. The highest BCUT2D eigenvalue weighted by Crippen LogP contribution is 2.28. The van der Waals surface area contributed by atoms with Crippen molar-refractivity contribution >= 4 is 17.6 Å². The Morgan fingerprint density at radius 2 is 2.22 bits per heavy atom. The Morgan fingerprint density at radius 1 is 1.56 bits per heavy atom. The lowest BCUT2D eigenvalue weighted by Gasteiger charge is -2.10. The summed E-state index contributed by atoms with van der Waals surface area (Å²) >= 11 is 5.62. The van der Waals surface area contributed by atoms with Crippen molar-refractivity contribution in [3.63, 3.8) is 0 Å². The number of hydrogen-bond acceptors (Lipinski definition) is 3. The first kappa shape index (κ1) is 14.4. The molecular formula is C12H10ClF2NO2. The van der Waals surface area contributed by atoms with Crippen molar-refractivity contribution in [2.24, 2.45) is 0 Å².